The van der Waals surface area contributed by atoms with Crippen molar-refractivity contribution in [3.63, 3.8) is 0 Å². The number of alkyl halides is 2. The molecule has 0 saturated carbocycles. The van der Waals surface area contributed by atoms with E-state index in [4.69, 9.17) is 4.74 Å². The number of halogens is 2. The molecule has 0 radical (unpaired) electrons. The van der Waals surface area contributed by atoms with Crippen molar-refractivity contribution in [2.45, 2.75) is 23.5 Å². The number of carbonyl (C=O) groups excluding carboxylic acids is 2. The standard InChI is InChI=1S/C18H17F2NO5S/c19-18(20)27(24,25)15-9-7-14(8-10-15)21-16(22)12-26-17(23)11-6-13-4-2-1-3-5-13/h1-5,7-10,18H,6,11-12H2,(H,21,22). The highest BCUT2D eigenvalue weighted by molar-refractivity contribution is 7.91. The van der Waals surface area contributed by atoms with Gasteiger partial charge in [-0.3, -0.25) is 9.59 Å². The highest BCUT2D eigenvalue weighted by Gasteiger charge is 2.26. The Morgan fingerprint density at radius 2 is 1.63 bits per heavy atom. The normalized spacial score (nSPS) is 11.2. The molecule has 9 heteroatoms. The van der Waals surface area contributed by atoms with Crippen molar-refractivity contribution in [3.8, 4) is 0 Å². The molecule has 27 heavy (non-hydrogen) atoms. The number of benzene rings is 2. The summed E-state index contributed by atoms with van der Waals surface area (Å²) < 4.78 is 52.4. The van der Waals surface area contributed by atoms with Gasteiger partial charge in [-0.1, -0.05) is 30.3 Å². The molecule has 1 N–H and O–H groups in total. The van der Waals surface area contributed by atoms with Crippen LogP contribution in [-0.2, 0) is 30.6 Å². The summed E-state index contributed by atoms with van der Waals surface area (Å²) >= 11 is 0. The van der Waals surface area contributed by atoms with Crippen LogP contribution in [0.5, 0.6) is 0 Å². The van der Waals surface area contributed by atoms with Crippen molar-refractivity contribution in [1.82, 2.24) is 0 Å². The Hall–Kier alpha value is -2.81. The molecule has 2 aromatic rings. The van der Waals surface area contributed by atoms with Crippen molar-refractivity contribution < 1.29 is 31.5 Å². The summed E-state index contributed by atoms with van der Waals surface area (Å²) in [6.45, 7) is -0.509. The SMILES string of the molecule is O=C(COC(=O)CCc1ccccc1)Nc1ccc(S(=O)(=O)C(F)F)cc1. The fourth-order valence-corrected chi connectivity index (χ4v) is 2.86. The first-order chi connectivity index (χ1) is 12.8. The largest absolute Gasteiger partial charge is 0.456 e. The van der Waals surface area contributed by atoms with Crippen molar-refractivity contribution in [2.75, 3.05) is 11.9 Å². The molecule has 144 valence electrons. The summed E-state index contributed by atoms with van der Waals surface area (Å²) in [6, 6.07) is 13.6. The Bertz CT molecular complexity index is 884. The van der Waals surface area contributed by atoms with Gasteiger partial charge in [0, 0.05) is 12.1 Å². The fraction of sp³-hybridized carbons (Fsp3) is 0.222. The molecule has 0 aliphatic heterocycles. The van der Waals surface area contributed by atoms with E-state index >= 15 is 0 Å². The number of sulfone groups is 1. The van der Waals surface area contributed by atoms with Crippen LogP contribution >= 0.6 is 0 Å². The molecule has 6 nitrogen and oxygen atoms in total. The second kappa shape index (κ2) is 9.22. The summed E-state index contributed by atoms with van der Waals surface area (Å²) in [7, 11) is -4.69. The molecule has 2 aromatic carbocycles. The number of rotatable bonds is 8. The van der Waals surface area contributed by atoms with Crippen LogP contribution in [0.4, 0.5) is 14.5 Å². The Kier molecular flexibility index (Phi) is 7.00. The van der Waals surface area contributed by atoms with Crippen LogP contribution in [0.25, 0.3) is 0 Å². The lowest BCUT2D eigenvalue weighted by atomic mass is 10.1. The molecule has 1 amide bonds. The van der Waals surface area contributed by atoms with Gasteiger partial charge in [0.1, 0.15) is 0 Å². The molecule has 2 rings (SSSR count). The first kappa shape index (κ1) is 20.5. The average molecular weight is 397 g/mol. The van der Waals surface area contributed by atoms with Gasteiger partial charge in [0.2, 0.25) is 9.84 Å². The van der Waals surface area contributed by atoms with E-state index in [1.165, 1.54) is 12.1 Å². The van der Waals surface area contributed by atoms with Gasteiger partial charge in [0.05, 0.1) is 4.90 Å². The first-order valence-electron chi connectivity index (χ1n) is 7.90. The summed E-state index contributed by atoms with van der Waals surface area (Å²) in [4.78, 5) is 22.9. The predicted octanol–water partition coefficient (Wildman–Crippen LogP) is 2.80. The monoisotopic (exact) mass is 397 g/mol. The molecule has 0 aliphatic carbocycles. The lowest BCUT2D eigenvalue weighted by Crippen LogP contribution is -2.21. The molecule has 0 atom stereocenters. The molecule has 0 aliphatic rings. The quantitative estimate of drug-likeness (QED) is 0.692. The Labute approximate surface area is 155 Å². The molecular formula is C18H17F2NO5S. The molecule has 0 fully saturated rings. The van der Waals surface area contributed by atoms with Crippen LogP contribution in [0, 0.1) is 0 Å². The number of nitrogens with one attached hydrogen (secondary N) is 1. The number of esters is 1. The smallest absolute Gasteiger partial charge is 0.341 e. The number of carbonyl (C=O) groups is 2. The molecule has 0 bridgehead atoms. The molecular weight excluding hydrogens is 380 g/mol. The highest BCUT2D eigenvalue weighted by atomic mass is 32.2. The molecule has 0 heterocycles. The zero-order valence-corrected chi connectivity index (χ0v) is 14.9. The number of anilines is 1. The Morgan fingerprint density at radius 3 is 2.22 bits per heavy atom. The maximum atomic E-state index is 12.5. The van der Waals surface area contributed by atoms with Crippen molar-refractivity contribution in [3.05, 3.63) is 60.2 Å². The molecule has 0 spiro atoms. The van der Waals surface area contributed by atoms with Gasteiger partial charge in [-0.25, -0.2) is 8.42 Å². The van der Waals surface area contributed by atoms with Crippen LogP contribution in [0.1, 0.15) is 12.0 Å². The van der Waals surface area contributed by atoms with E-state index in [9.17, 15) is 26.8 Å². The van der Waals surface area contributed by atoms with E-state index in [-0.39, 0.29) is 12.1 Å². The zero-order valence-electron chi connectivity index (χ0n) is 14.1. The summed E-state index contributed by atoms with van der Waals surface area (Å²) in [5, 5.41) is 2.38. The van der Waals surface area contributed by atoms with Crippen LogP contribution in [-0.4, -0.2) is 32.7 Å². The molecule has 0 unspecified atom stereocenters. The Morgan fingerprint density at radius 1 is 1.00 bits per heavy atom. The summed E-state index contributed by atoms with van der Waals surface area (Å²) in [6.07, 6.45) is 0.610. The van der Waals surface area contributed by atoms with Gasteiger partial charge in [-0.05, 0) is 36.2 Å². The van der Waals surface area contributed by atoms with Gasteiger partial charge in [0.25, 0.3) is 5.91 Å². The van der Waals surface area contributed by atoms with Gasteiger partial charge >= 0.3 is 11.7 Å². The van der Waals surface area contributed by atoms with E-state index in [1.54, 1.807) is 0 Å². The highest BCUT2D eigenvalue weighted by Crippen LogP contribution is 2.20. The number of hydrogen-bond acceptors (Lipinski definition) is 5. The maximum Gasteiger partial charge on any atom is 0.341 e. The van der Waals surface area contributed by atoms with Crippen molar-refractivity contribution in [2.24, 2.45) is 0 Å². The van der Waals surface area contributed by atoms with Crippen molar-refractivity contribution >= 4 is 27.4 Å². The zero-order chi connectivity index (χ0) is 19.9. The third-order valence-corrected chi connectivity index (χ3v) is 4.92. The van der Waals surface area contributed by atoms with E-state index in [1.807, 2.05) is 30.3 Å². The number of hydrogen-bond donors (Lipinski definition) is 1. The van der Waals surface area contributed by atoms with Crippen LogP contribution < -0.4 is 5.32 Å². The van der Waals surface area contributed by atoms with Gasteiger partial charge in [-0.15, -0.1) is 0 Å². The van der Waals surface area contributed by atoms with Crippen LogP contribution in [0.2, 0.25) is 0 Å². The lowest BCUT2D eigenvalue weighted by Gasteiger charge is -2.08. The van der Waals surface area contributed by atoms with E-state index in [2.05, 4.69) is 5.32 Å². The third kappa shape index (κ3) is 6.14. The summed E-state index contributed by atoms with van der Waals surface area (Å²) in [5.41, 5.74) is 1.16. The fourth-order valence-electron chi connectivity index (χ4n) is 2.14. The predicted molar refractivity (Wildman–Crippen MR) is 94.0 cm³/mol. The average Bonchev–Trinajstić information content (AvgIpc) is 2.66. The van der Waals surface area contributed by atoms with Gasteiger partial charge in [0.15, 0.2) is 6.61 Å². The second-order valence-electron chi connectivity index (χ2n) is 5.52. The minimum absolute atomic E-state index is 0.122. The van der Waals surface area contributed by atoms with Crippen molar-refractivity contribution in [1.29, 1.82) is 0 Å². The van der Waals surface area contributed by atoms with E-state index < -0.39 is 39.0 Å². The van der Waals surface area contributed by atoms with Gasteiger partial charge in [-0.2, -0.15) is 8.78 Å². The summed E-state index contributed by atoms with van der Waals surface area (Å²) in [5.74, 6) is -4.69. The number of aryl methyl sites for hydroxylation is 1. The van der Waals surface area contributed by atoms with E-state index in [0.717, 1.165) is 17.7 Å². The lowest BCUT2D eigenvalue weighted by molar-refractivity contribution is -0.147. The van der Waals surface area contributed by atoms with E-state index in [0.29, 0.717) is 6.42 Å². The first-order valence-corrected chi connectivity index (χ1v) is 9.45. The second-order valence-corrected chi connectivity index (χ2v) is 7.44. The number of amides is 1. The van der Waals surface area contributed by atoms with Gasteiger partial charge < -0.3 is 10.1 Å². The molecule has 0 saturated heterocycles. The maximum absolute atomic E-state index is 12.5. The third-order valence-electron chi connectivity index (χ3n) is 3.53. The Balaban J connectivity index is 1.79. The topological polar surface area (TPSA) is 89.5 Å². The molecule has 0 aromatic heterocycles. The minimum atomic E-state index is -4.69. The van der Waals surface area contributed by atoms with Crippen LogP contribution in [0.15, 0.2) is 59.5 Å². The van der Waals surface area contributed by atoms with Crippen LogP contribution in [0.3, 0.4) is 0 Å². The number of ether oxygens (including phenoxy) is 1. The minimum Gasteiger partial charge on any atom is -0.456 e.